The van der Waals surface area contributed by atoms with Gasteiger partial charge in [0.25, 0.3) is 5.92 Å². The van der Waals surface area contributed by atoms with Gasteiger partial charge in [0.1, 0.15) is 0 Å². The molecule has 0 aromatic heterocycles. The van der Waals surface area contributed by atoms with Crippen molar-refractivity contribution >= 4 is 12.0 Å². The van der Waals surface area contributed by atoms with Crippen molar-refractivity contribution in [3.05, 3.63) is 0 Å². The van der Waals surface area contributed by atoms with Crippen molar-refractivity contribution in [1.82, 2.24) is 4.90 Å². The van der Waals surface area contributed by atoms with E-state index in [1.165, 1.54) is 12.0 Å². The molecule has 0 atom stereocenters. The largest absolute Gasteiger partial charge is 0.316 e. The molecule has 1 aliphatic heterocycles. The number of rotatable bonds is 5. The van der Waals surface area contributed by atoms with Crippen LogP contribution in [0, 0.1) is 0 Å². The number of likely N-dealkylation sites (tertiary alicyclic amines) is 1. The Bertz CT molecular complexity index is 137. The van der Waals surface area contributed by atoms with Crippen LogP contribution in [0.25, 0.3) is 0 Å². The topological polar surface area (TPSA) is 12.5 Å². The van der Waals surface area contributed by atoms with Crippen molar-refractivity contribution in [2.45, 2.75) is 12.3 Å². The Morgan fingerprint density at radius 1 is 1.50 bits per heavy atom. The van der Waals surface area contributed by atoms with Crippen LogP contribution in [0.4, 0.5) is 8.78 Å². The fourth-order valence-electron chi connectivity index (χ4n) is 1.20. The fraction of sp³-hybridized carbons (Fsp3) is 1.00. The Morgan fingerprint density at radius 3 is 2.67 bits per heavy atom. The molecule has 72 valence electrons. The van der Waals surface area contributed by atoms with Gasteiger partial charge in [-0.25, -0.2) is 8.78 Å². The van der Waals surface area contributed by atoms with E-state index in [4.69, 9.17) is 4.18 Å². The summed E-state index contributed by atoms with van der Waals surface area (Å²) in [5.74, 6) is -2.43. The molecule has 0 N–H and O–H groups in total. The molecule has 1 rings (SSSR count). The second-order valence-corrected chi connectivity index (χ2v) is 3.48. The summed E-state index contributed by atoms with van der Waals surface area (Å²) in [4.78, 5) is 1.74. The first-order valence-electron chi connectivity index (χ1n) is 3.90. The van der Waals surface area contributed by atoms with E-state index in [-0.39, 0.29) is 13.1 Å². The van der Waals surface area contributed by atoms with Gasteiger partial charge >= 0.3 is 0 Å². The molecule has 0 aromatic rings. The standard InChI is InChI=1S/C7H13F2NOS/c1-12-11-4-2-3-10-5-7(8,9)6-10/h2-6H2,1H3. The lowest BCUT2D eigenvalue weighted by molar-refractivity contribution is -0.130. The van der Waals surface area contributed by atoms with Crippen molar-refractivity contribution in [2.75, 3.05) is 32.5 Å². The van der Waals surface area contributed by atoms with Gasteiger partial charge in [-0.2, -0.15) is 0 Å². The van der Waals surface area contributed by atoms with E-state index >= 15 is 0 Å². The van der Waals surface area contributed by atoms with E-state index in [9.17, 15) is 8.78 Å². The van der Waals surface area contributed by atoms with Crippen molar-refractivity contribution in [1.29, 1.82) is 0 Å². The van der Waals surface area contributed by atoms with Crippen LogP contribution in [0.3, 0.4) is 0 Å². The summed E-state index contributed by atoms with van der Waals surface area (Å²) in [5, 5.41) is 0. The first-order valence-corrected chi connectivity index (χ1v) is 5.05. The van der Waals surface area contributed by atoms with Crippen LogP contribution < -0.4 is 0 Å². The summed E-state index contributed by atoms with van der Waals surface area (Å²) < 4.78 is 29.6. The first kappa shape index (κ1) is 10.2. The molecule has 0 saturated carbocycles. The van der Waals surface area contributed by atoms with Crippen LogP contribution in [0.5, 0.6) is 0 Å². The predicted molar refractivity (Wildman–Crippen MR) is 45.5 cm³/mol. The van der Waals surface area contributed by atoms with Crippen LogP contribution in [0.15, 0.2) is 0 Å². The van der Waals surface area contributed by atoms with Gasteiger partial charge in [0, 0.05) is 12.8 Å². The van der Waals surface area contributed by atoms with Crippen LogP contribution >= 0.6 is 12.0 Å². The van der Waals surface area contributed by atoms with Crippen LogP contribution in [-0.4, -0.2) is 43.3 Å². The van der Waals surface area contributed by atoms with Gasteiger partial charge in [-0.15, -0.1) is 0 Å². The molecule has 0 unspecified atom stereocenters. The second kappa shape index (κ2) is 4.39. The highest BCUT2D eigenvalue weighted by Gasteiger charge is 2.42. The lowest BCUT2D eigenvalue weighted by Gasteiger charge is -2.38. The van der Waals surface area contributed by atoms with E-state index in [0.717, 1.165) is 13.0 Å². The molecule has 0 radical (unpaired) electrons. The minimum Gasteiger partial charge on any atom is -0.316 e. The van der Waals surface area contributed by atoms with Gasteiger partial charge < -0.3 is 4.18 Å². The average molecular weight is 197 g/mol. The molecule has 1 saturated heterocycles. The van der Waals surface area contributed by atoms with E-state index in [2.05, 4.69) is 0 Å². The Kier molecular flexibility index (Phi) is 3.74. The van der Waals surface area contributed by atoms with Crippen molar-refractivity contribution in [3.8, 4) is 0 Å². The summed E-state index contributed by atoms with van der Waals surface area (Å²) in [5.41, 5.74) is 0. The predicted octanol–water partition coefficient (Wildman–Crippen LogP) is 1.62. The molecule has 1 aliphatic rings. The zero-order valence-corrected chi connectivity index (χ0v) is 7.87. The third-order valence-corrected chi connectivity index (χ3v) is 2.13. The molecule has 5 heteroatoms. The van der Waals surface area contributed by atoms with Gasteiger partial charge in [-0.05, 0) is 18.5 Å². The number of hydrogen-bond donors (Lipinski definition) is 0. The molecule has 12 heavy (non-hydrogen) atoms. The molecule has 0 spiro atoms. The van der Waals surface area contributed by atoms with Gasteiger partial charge in [0.2, 0.25) is 0 Å². The highest BCUT2D eigenvalue weighted by Crippen LogP contribution is 2.26. The van der Waals surface area contributed by atoms with Crippen LogP contribution in [0.2, 0.25) is 0 Å². The summed E-state index contributed by atoms with van der Waals surface area (Å²) in [6.45, 7) is 1.21. The van der Waals surface area contributed by atoms with Gasteiger partial charge in [-0.1, -0.05) is 0 Å². The number of nitrogens with zero attached hydrogens (tertiary/aromatic N) is 1. The quantitative estimate of drug-likeness (QED) is 0.491. The summed E-state index contributed by atoms with van der Waals surface area (Å²) in [6, 6.07) is 0. The Balaban J connectivity index is 1.90. The highest BCUT2D eigenvalue weighted by molar-refractivity contribution is 7.93. The van der Waals surface area contributed by atoms with Gasteiger partial charge in [-0.3, -0.25) is 4.90 Å². The molecule has 0 amide bonds. The van der Waals surface area contributed by atoms with E-state index in [0.29, 0.717) is 6.61 Å². The van der Waals surface area contributed by atoms with Gasteiger partial charge in [0.05, 0.1) is 19.7 Å². The first-order chi connectivity index (χ1) is 5.64. The molecule has 2 nitrogen and oxygen atoms in total. The number of halogens is 2. The summed E-state index contributed by atoms with van der Waals surface area (Å²) in [7, 11) is 0. The van der Waals surface area contributed by atoms with E-state index < -0.39 is 5.92 Å². The molecule has 0 aliphatic carbocycles. The molecule has 0 bridgehead atoms. The summed E-state index contributed by atoms with van der Waals surface area (Å²) in [6.07, 6.45) is 2.68. The Hall–Kier alpha value is 0.130. The molecule has 1 heterocycles. The Morgan fingerprint density at radius 2 is 2.17 bits per heavy atom. The lowest BCUT2D eigenvalue weighted by atomic mass is 10.1. The number of alkyl halides is 2. The van der Waals surface area contributed by atoms with Crippen LogP contribution in [-0.2, 0) is 4.18 Å². The molecule has 1 fully saturated rings. The van der Waals surface area contributed by atoms with Crippen LogP contribution in [0.1, 0.15) is 6.42 Å². The van der Waals surface area contributed by atoms with E-state index in [1.807, 2.05) is 6.26 Å². The average Bonchev–Trinajstić information content (AvgIpc) is 1.94. The SMILES string of the molecule is CSOCCCN1CC(F)(F)C1. The molecule has 0 aromatic carbocycles. The van der Waals surface area contributed by atoms with Crippen molar-refractivity contribution < 1.29 is 13.0 Å². The Labute approximate surface area is 75.5 Å². The van der Waals surface area contributed by atoms with Crippen molar-refractivity contribution in [3.63, 3.8) is 0 Å². The van der Waals surface area contributed by atoms with Crippen molar-refractivity contribution in [2.24, 2.45) is 0 Å². The third-order valence-electron chi connectivity index (χ3n) is 1.73. The molecular formula is C7H13F2NOS. The fourth-order valence-corrected chi connectivity index (χ4v) is 1.48. The highest BCUT2D eigenvalue weighted by atomic mass is 32.2. The maximum Gasteiger partial charge on any atom is 0.272 e. The van der Waals surface area contributed by atoms with E-state index in [1.54, 1.807) is 4.90 Å². The molecular weight excluding hydrogens is 184 g/mol. The minimum atomic E-state index is -2.43. The zero-order chi connectivity index (χ0) is 9.03. The summed E-state index contributed by atoms with van der Waals surface area (Å²) >= 11 is 1.31. The lowest BCUT2D eigenvalue weighted by Crippen LogP contribution is -2.56. The maximum absolute atomic E-state index is 12.3. The smallest absolute Gasteiger partial charge is 0.272 e. The zero-order valence-electron chi connectivity index (χ0n) is 7.06. The maximum atomic E-state index is 12.3. The number of hydrogen-bond acceptors (Lipinski definition) is 3. The minimum absolute atomic E-state index is 0.0771. The van der Waals surface area contributed by atoms with Gasteiger partial charge in [0.15, 0.2) is 0 Å². The second-order valence-electron chi connectivity index (χ2n) is 2.91. The normalized spacial score (nSPS) is 22.2. The monoisotopic (exact) mass is 197 g/mol. The third kappa shape index (κ3) is 3.25.